The third-order valence-electron chi connectivity index (χ3n) is 9.66. The smallest absolute Gasteiger partial charge is 0.160 e. The number of thiophene rings is 2. The minimum Gasteiger partial charge on any atom is -0.308 e. The minimum absolute atomic E-state index is 0.720. The number of hydrogen-bond acceptors (Lipinski definition) is 5. The lowest BCUT2D eigenvalue weighted by molar-refractivity contribution is 1.18. The van der Waals surface area contributed by atoms with Gasteiger partial charge in [-0.2, -0.15) is 0 Å². The molecule has 0 saturated carbocycles. The van der Waals surface area contributed by atoms with Crippen LogP contribution in [-0.4, -0.2) is 19.5 Å². The van der Waals surface area contributed by atoms with Gasteiger partial charge in [-0.05, 0) is 54.6 Å². The van der Waals surface area contributed by atoms with Gasteiger partial charge in [-0.3, -0.25) is 0 Å². The Balaban J connectivity index is 1.20. The molecule has 5 heterocycles. The summed E-state index contributed by atoms with van der Waals surface area (Å²) in [5.74, 6) is 0.720. The van der Waals surface area contributed by atoms with Crippen LogP contribution < -0.4 is 0 Å². The SMILES string of the molecule is c1ccc(-c2nc(-c3ccc(-n4c5ccccc5c5c6sc7ncccc7c6c6c7ccccc7sc6c54)cc3)nc3ccccc23)cc1. The quantitative estimate of drug-likeness (QED) is 0.189. The molecule has 0 fully saturated rings. The van der Waals surface area contributed by atoms with Crippen molar-refractivity contribution in [2.75, 3.05) is 0 Å². The Morgan fingerprint density at radius 1 is 0.490 bits per heavy atom. The summed E-state index contributed by atoms with van der Waals surface area (Å²) in [6.45, 7) is 0. The fourth-order valence-electron chi connectivity index (χ4n) is 7.55. The molecule has 0 aliphatic carbocycles. The van der Waals surface area contributed by atoms with Crippen LogP contribution in [0.25, 0.3) is 102 Å². The average Bonchev–Trinajstić information content (AvgIpc) is 3.85. The summed E-state index contributed by atoms with van der Waals surface area (Å²) >= 11 is 3.69. The summed E-state index contributed by atoms with van der Waals surface area (Å²) in [5, 5.41) is 8.76. The molecule has 0 radical (unpaired) electrons. The van der Waals surface area contributed by atoms with Crippen LogP contribution in [0.1, 0.15) is 0 Å². The molecule has 0 unspecified atom stereocenters. The Morgan fingerprint density at radius 2 is 1.20 bits per heavy atom. The summed E-state index contributed by atoms with van der Waals surface area (Å²) < 4.78 is 6.35. The fraction of sp³-hybridized carbons (Fsp3) is 0. The van der Waals surface area contributed by atoms with E-state index in [1.165, 1.54) is 57.5 Å². The van der Waals surface area contributed by atoms with Crippen molar-refractivity contribution >= 4 is 95.9 Å². The predicted molar refractivity (Wildman–Crippen MR) is 208 cm³/mol. The first kappa shape index (κ1) is 27.0. The molecule has 0 saturated heterocycles. The van der Waals surface area contributed by atoms with Crippen molar-refractivity contribution in [3.63, 3.8) is 0 Å². The molecular weight excluding hydrogens is 637 g/mol. The van der Waals surface area contributed by atoms with Crippen LogP contribution in [0.2, 0.25) is 0 Å². The molecule has 5 aromatic heterocycles. The van der Waals surface area contributed by atoms with Crippen LogP contribution in [0.3, 0.4) is 0 Å². The zero-order chi connectivity index (χ0) is 32.1. The standard InChI is InChI=1S/C43H24N4S2/c1-2-11-25(12-3-1)38-28-13-4-7-17-32(28)45-42(46-38)26-20-22-27(23-21-26)47-33-18-8-5-14-29(33)37-39(47)41-35(30-15-6-9-19-34(30)48-41)36-31-16-10-24-44-43(31)49-40(36)37/h1-24H. The highest BCUT2D eigenvalue weighted by molar-refractivity contribution is 7.29. The first-order chi connectivity index (χ1) is 24.3. The van der Waals surface area contributed by atoms with Crippen molar-refractivity contribution in [1.29, 1.82) is 0 Å². The van der Waals surface area contributed by atoms with Gasteiger partial charge in [0.1, 0.15) is 4.83 Å². The van der Waals surface area contributed by atoms with Gasteiger partial charge in [0.2, 0.25) is 0 Å². The normalized spacial score (nSPS) is 12.1. The molecule has 11 rings (SSSR count). The number of para-hydroxylation sites is 2. The molecule has 0 spiro atoms. The van der Waals surface area contributed by atoms with Crippen molar-refractivity contribution in [2.45, 2.75) is 0 Å². The summed E-state index contributed by atoms with van der Waals surface area (Å²) in [5.41, 5.74) is 7.49. The van der Waals surface area contributed by atoms with E-state index in [0.29, 0.717) is 0 Å². The van der Waals surface area contributed by atoms with Crippen LogP contribution >= 0.6 is 22.7 Å². The number of rotatable bonds is 3. The summed E-state index contributed by atoms with van der Waals surface area (Å²) in [7, 11) is 0. The number of nitrogens with zero attached hydrogens (tertiary/aromatic N) is 4. The van der Waals surface area contributed by atoms with Gasteiger partial charge in [-0.25, -0.2) is 15.0 Å². The summed E-state index contributed by atoms with van der Waals surface area (Å²) in [6.07, 6.45) is 1.91. The molecule has 49 heavy (non-hydrogen) atoms. The highest BCUT2D eigenvalue weighted by Gasteiger charge is 2.24. The second-order valence-electron chi connectivity index (χ2n) is 12.4. The van der Waals surface area contributed by atoms with Gasteiger partial charge >= 0.3 is 0 Å². The molecular formula is C43H24N4S2. The number of hydrogen-bond donors (Lipinski definition) is 0. The molecule has 6 heteroatoms. The van der Waals surface area contributed by atoms with E-state index in [2.05, 4.69) is 132 Å². The van der Waals surface area contributed by atoms with E-state index < -0.39 is 0 Å². The molecule has 0 atom stereocenters. The van der Waals surface area contributed by atoms with Crippen molar-refractivity contribution in [1.82, 2.24) is 19.5 Å². The van der Waals surface area contributed by atoms with Crippen molar-refractivity contribution in [3.05, 3.63) is 146 Å². The van der Waals surface area contributed by atoms with Crippen LogP contribution in [0.5, 0.6) is 0 Å². The minimum atomic E-state index is 0.720. The van der Waals surface area contributed by atoms with Crippen LogP contribution in [-0.2, 0) is 0 Å². The molecule has 0 amide bonds. The zero-order valence-corrected chi connectivity index (χ0v) is 27.6. The Morgan fingerprint density at radius 3 is 2.08 bits per heavy atom. The van der Waals surface area contributed by atoms with Gasteiger partial charge < -0.3 is 4.57 Å². The van der Waals surface area contributed by atoms with E-state index in [-0.39, 0.29) is 0 Å². The molecule has 0 aliphatic rings. The van der Waals surface area contributed by atoms with E-state index in [0.717, 1.165) is 44.1 Å². The molecule has 0 aliphatic heterocycles. The molecule has 11 aromatic rings. The maximum atomic E-state index is 5.13. The monoisotopic (exact) mass is 660 g/mol. The first-order valence-electron chi connectivity index (χ1n) is 16.3. The maximum absolute atomic E-state index is 5.13. The second kappa shape index (κ2) is 10.3. The van der Waals surface area contributed by atoms with Crippen molar-refractivity contribution in [2.24, 2.45) is 0 Å². The zero-order valence-electron chi connectivity index (χ0n) is 26.0. The second-order valence-corrected chi connectivity index (χ2v) is 14.4. The molecule has 0 bridgehead atoms. The highest BCUT2D eigenvalue weighted by Crippen LogP contribution is 2.51. The third kappa shape index (κ3) is 3.87. The Bertz CT molecular complexity index is 3100. The van der Waals surface area contributed by atoms with Crippen LogP contribution in [0, 0.1) is 0 Å². The van der Waals surface area contributed by atoms with Crippen LogP contribution in [0.15, 0.2) is 146 Å². The van der Waals surface area contributed by atoms with Gasteiger partial charge in [0.15, 0.2) is 5.82 Å². The van der Waals surface area contributed by atoms with Crippen molar-refractivity contribution < 1.29 is 0 Å². The summed E-state index contributed by atoms with van der Waals surface area (Å²) in [4.78, 5) is 16.1. The summed E-state index contributed by atoms with van der Waals surface area (Å²) in [6, 6.07) is 49.3. The lowest BCUT2D eigenvalue weighted by Crippen LogP contribution is -1.97. The first-order valence-corrected chi connectivity index (χ1v) is 17.9. The average molecular weight is 661 g/mol. The lowest BCUT2D eigenvalue weighted by atomic mass is 10.0. The Kier molecular flexibility index (Phi) is 5.67. The van der Waals surface area contributed by atoms with E-state index in [1.54, 1.807) is 11.3 Å². The fourth-order valence-corrected chi connectivity index (χ4v) is 10.0. The Labute approximate surface area is 288 Å². The molecule has 6 aromatic carbocycles. The lowest BCUT2D eigenvalue weighted by Gasteiger charge is -2.12. The van der Waals surface area contributed by atoms with Gasteiger partial charge in [-0.1, -0.05) is 84.9 Å². The number of pyridine rings is 1. The maximum Gasteiger partial charge on any atom is 0.160 e. The molecule has 0 N–H and O–H groups in total. The van der Waals surface area contributed by atoms with Gasteiger partial charge in [-0.15, -0.1) is 22.7 Å². The highest BCUT2D eigenvalue weighted by atomic mass is 32.1. The number of aromatic nitrogens is 4. The van der Waals surface area contributed by atoms with Crippen LogP contribution in [0.4, 0.5) is 0 Å². The van der Waals surface area contributed by atoms with Gasteiger partial charge in [0, 0.05) is 70.1 Å². The van der Waals surface area contributed by atoms with Gasteiger partial charge in [0.25, 0.3) is 0 Å². The topological polar surface area (TPSA) is 43.6 Å². The predicted octanol–water partition coefficient (Wildman–Crippen LogP) is 12.2. The Hall–Kier alpha value is -5.95. The molecule has 4 nitrogen and oxygen atoms in total. The van der Waals surface area contributed by atoms with E-state index in [1.807, 2.05) is 29.7 Å². The number of benzene rings is 6. The van der Waals surface area contributed by atoms with Crippen molar-refractivity contribution in [3.8, 4) is 28.3 Å². The van der Waals surface area contributed by atoms with Gasteiger partial charge in [0.05, 0.1) is 26.9 Å². The van der Waals surface area contributed by atoms with E-state index >= 15 is 0 Å². The molecule has 228 valence electrons. The van der Waals surface area contributed by atoms with E-state index in [4.69, 9.17) is 15.0 Å². The third-order valence-corrected chi connectivity index (χ3v) is 12.0. The number of fused-ring (bicyclic) bond motifs is 13. The largest absolute Gasteiger partial charge is 0.308 e. The van der Waals surface area contributed by atoms with E-state index in [9.17, 15) is 0 Å².